The second-order valence-electron chi connectivity index (χ2n) is 3.49. The lowest BCUT2D eigenvalue weighted by Crippen LogP contribution is -2.08. The number of rotatable bonds is 4. The van der Waals surface area contributed by atoms with E-state index in [2.05, 4.69) is 9.97 Å². The summed E-state index contributed by atoms with van der Waals surface area (Å²) in [5.74, 6) is 1.24. The maximum Gasteiger partial charge on any atom is 0.157 e. The highest BCUT2D eigenvalue weighted by Crippen LogP contribution is 2.41. The van der Waals surface area contributed by atoms with Gasteiger partial charge in [-0.25, -0.2) is 9.97 Å². The molecule has 0 aliphatic heterocycles. The first kappa shape index (κ1) is 9.27. The molecule has 1 saturated carbocycles. The smallest absolute Gasteiger partial charge is 0.157 e. The van der Waals surface area contributed by atoms with Gasteiger partial charge in [0.15, 0.2) is 12.1 Å². The molecule has 2 rings (SSSR count). The average molecular weight is 192 g/mol. The van der Waals surface area contributed by atoms with Gasteiger partial charge in [0.05, 0.1) is 5.56 Å². The first-order chi connectivity index (χ1) is 6.85. The molecule has 1 atom stereocenters. The lowest BCUT2D eigenvalue weighted by molar-refractivity contribution is 0.0771. The molecular formula is C10H12N2O2. The van der Waals surface area contributed by atoms with Crippen LogP contribution in [-0.2, 0) is 4.74 Å². The van der Waals surface area contributed by atoms with Gasteiger partial charge in [0.1, 0.15) is 6.10 Å². The maximum absolute atomic E-state index is 10.4. The minimum atomic E-state index is -0.00398. The van der Waals surface area contributed by atoms with Crippen molar-refractivity contribution in [2.75, 3.05) is 7.11 Å². The van der Waals surface area contributed by atoms with E-state index in [4.69, 9.17) is 4.74 Å². The van der Waals surface area contributed by atoms with Crippen LogP contribution in [0.2, 0.25) is 0 Å². The lowest BCUT2D eigenvalue weighted by atomic mass is 10.2. The van der Waals surface area contributed by atoms with Crippen molar-refractivity contribution in [1.82, 2.24) is 9.97 Å². The van der Waals surface area contributed by atoms with Crippen LogP contribution in [0.15, 0.2) is 12.4 Å². The second kappa shape index (κ2) is 3.84. The van der Waals surface area contributed by atoms with Crippen LogP contribution in [0.4, 0.5) is 0 Å². The van der Waals surface area contributed by atoms with Crippen LogP contribution in [0.25, 0.3) is 0 Å². The SMILES string of the molecule is COC(c1ncc(C=O)cn1)C1CC1. The van der Waals surface area contributed by atoms with Gasteiger partial charge in [-0.1, -0.05) is 0 Å². The molecule has 1 aromatic heterocycles. The molecule has 1 heterocycles. The number of carbonyl (C=O) groups is 1. The summed E-state index contributed by atoms with van der Waals surface area (Å²) in [6, 6.07) is 0. The van der Waals surface area contributed by atoms with Crippen molar-refractivity contribution >= 4 is 6.29 Å². The molecule has 1 aliphatic rings. The molecule has 0 saturated heterocycles. The molecule has 0 amide bonds. The van der Waals surface area contributed by atoms with Crippen molar-refractivity contribution < 1.29 is 9.53 Å². The molecule has 0 N–H and O–H groups in total. The van der Waals surface area contributed by atoms with Gasteiger partial charge in [-0.3, -0.25) is 4.79 Å². The Morgan fingerprint density at radius 2 is 2.14 bits per heavy atom. The molecule has 0 bridgehead atoms. The van der Waals surface area contributed by atoms with E-state index in [-0.39, 0.29) is 6.10 Å². The van der Waals surface area contributed by atoms with Gasteiger partial charge < -0.3 is 4.74 Å². The molecule has 14 heavy (non-hydrogen) atoms. The molecule has 4 heteroatoms. The van der Waals surface area contributed by atoms with Gasteiger partial charge in [0.2, 0.25) is 0 Å². The van der Waals surface area contributed by atoms with E-state index in [1.54, 1.807) is 7.11 Å². The number of aldehydes is 1. The van der Waals surface area contributed by atoms with Crippen molar-refractivity contribution in [3.05, 3.63) is 23.8 Å². The van der Waals surface area contributed by atoms with Gasteiger partial charge in [-0.05, 0) is 18.8 Å². The zero-order valence-electron chi connectivity index (χ0n) is 8.01. The van der Waals surface area contributed by atoms with E-state index >= 15 is 0 Å². The number of methoxy groups -OCH3 is 1. The Labute approximate surface area is 82.3 Å². The number of hydrogen-bond acceptors (Lipinski definition) is 4. The Balaban J connectivity index is 2.17. The van der Waals surface area contributed by atoms with Crippen LogP contribution in [-0.4, -0.2) is 23.4 Å². The Hall–Kier alpha value is -1.29. The Kier molecular flexibility index (Phi) is 2.54. The van der Waals surface area contributed by atoms with Gasteiger partial charge in [0.25, 0.3) is 0 Å². The monoisotopic (exact) mass is 192 g/mol. The van der Waals surface area contributed by atoms with E-state index in [0.717, 1.165) is 6.29 Å². The van der Waals surface area contributed by atoms with Crippen LogP contribution >= 0.6 is 0 Å². The van der Waals surface area contributed by atoms with Crippen LogP contribution in [0, 0.1) is 5.92 Å². The largest absolute Gasteiger partial charge is 0.373 e. The third-order valence-electron chi connectivity index (χ3n) is 2.39. The number of aromatic nitrogens is 2. The fourth-order valence-electron chi connectivity index (χ4n) is 1.46. The molecule has 1 fully saturated rings. The summed E-state index contributed by atoms with van der Waals surface area (Å²) < 4.78 is 5.32. The van der Waals surface area contributed by atoms with Crippen molar-refractivity contribution in [1.29, 1.82) is 0 Å². The van der Waals surface area contributed by atoms with Crippen molar-refractivity contribution in [3.8, 4) is 0 Å². The van der Waals surface area contributed by atoms with E-state index in [1.165, 1.54) is 25.2 Å². The summed E-state index contributed by atoms with van der Waals surface area (Å²) in [5.41, 5.74) is 0.499. The summed E-state index contributed by atoms with van der Waals surface area (Å²) in [4.78, 5) is 18.6. The highest BCUT2D eigenvalue weighted by atomic mass is 16.5. The summed E-state index contributed by atoms with van der Waals surface area (Å²) in [5, 5.41) is 0. The molecule has 4 nitrogen and oxygen atoms in total. The normalized spacial score (nSPS) is 17.8. The predicted octanol–water partition coefficient (Wildman–Crippen LogP) is 1.39. The number of ether oxygens (including phenoxy) is 1. The van der Waals surface area contributed by atoms with Crippen molar-refractivity contribution in [2.24, 2.45) is 5.92 Å². The topological polar surface area (TPSA) is 52.1 Å². The molecular weight excluding hydrogens is 180 g/mol. The van der Waals surface area contributed by atoms with Crippen molar-refractivity contribution in [3.63, 3.8) is 0 Å². The third kappa shape index (κ3) is 1.80. The Morgan fingerprint density at radius 1 is 1.50 bits per heavy atom. The highest BCUT2D eigenvalue weighted by molar-refractivity contribution is 5.73. The van der Waals surface area contributed by atoms with Gasteiger partial charge in [-0.15, -0.1) is 0 Å². The first-order valence-electron chi connectivity index (χ1n) is 4.65. The summed E-state index contributed by atoms with van der Waals surface area (Å²) >= 11 is 0. The van der Waals surface area contributed by atoms with E-state index in [9.17, 15) is 4.79 Å². The summed E-state index contributed by atoms with van der Waals surface area (Å²) in [6.45, 7) is 0. The molecule has 0 radical (unpaired) electrons. The van der Waals surface area contributed by atoms with Crippen LogP contribution < -0.4 is 0 Å². The van der Waals surface area contributed by atoms with Crippen LogP contribution in [0.5, 0.6) is 0 Å². The zero-order chi connectivity index (χ0) is 9.97. The number of nitrogens with zero attached hydrogens (tertiary/aromatic N) is 2. The number of carbonyl (C=O) groups excluding carboxylic acids is 1. The fourth-order valence-corrected chi connectivity index (χ4v) is 1.46. The zero-order valence-corrected chi connectivity index (χ0v) is 8.01. The molecule has 0 aromatic carbocycles. The van der Waals surface area contributed by atoms with Crippen LogP contribution in [0.3, 0.4) is 0 Å². The van der Waals surface area contributed by atoms with Gasteiger partial charge in [-0.2, -0.15) is 0 Å². The van der Waals surface area contributed by atoms with E-state index < -0.39 is 0 Å². The summed E-state index contributed by atoms with van der Waals surface area (Å²) in [7, 11) is 1.67. The third-order valence-corrected chi connectivity index (χ3v) is 2.39. The molecule has 74 valence electrons. The quantitative estimate of drug-likeness (QED) is 0.676. The molecule has 1 aromatic rings. The highest BCUT2D eigenvalue weighted by Gasteiger charge is 2.34. The van der Waals surface area contributed by atoms with E-state index in [0.29, 0.717) is 17.3 Å². The first-order valence-corrected chi connectivity index (χ1v) is 4.65. The lowest BCUT2D eigenvalue weighted by Gasteiger charge is -2.11. The average Bonchev–Trinajstić information content (AvgIpc) is 3.04. The predicted molar refractivity (Wildman–Crippen MR) is 49.9 cm³/mol. The van der Waals surface area contributed by atoms with Gasteiger partial charge >= 0.3 is 0 Å². The molecule has 1 aliphatic carbocycles. The molecule has 0 spiro atoms. The maximum atomic E-state index is 10.4. The van der Waals surface area contributed by atoms with Gasteiger partial charge in [0, 0.05) is 19.5 Å². The fraction of sp³-hybridized carbons (Fsp3) is 0.500. The summed E-state index contributed by atoms with van der Waals surface area (Å²) in [6.07, 6.45) is 6.15. The standard InChI is InChI=1S/C10H12N2O2/c1-14-9(8-2-3-8)10-11-4-7(6-13)5-12-10/h4-6,8-9H,2-3H2,1H3. The molecule has 1 unspecified atom stereocenters. The minimum Gasteiger partial charge on any atom is -0.373 e. The number of hydrogen-bond donors (Lipinski definition) is 0. The van der Waals surface area contributed by atoms with Crippen molar-refractivity contribution in [2.45, 2.75) is 18.9 Å². The van der Waals surface area contributed by atoms with E-state index in [1.807, 2.05) is 0 Å². The Morgan fingerprint density at radius 3 is 2.57 bits per heavy atom. The minimum absolute atomic E-state index is 0.00398. The second-order valence-corrected chi connectivity index (χ2v) is 3.49. The Bertz CT molecular complexity index is 319. The van der Waals surface area contributed by atoms with Crippen LogP contribution in [0.1, 0.15) is 35.1 Å².